The summed E-state index contributed by atoms with van der Waals surface area (Å²) in [6, 6.07) is 8.95. The quantitative estimate of drug-likeness (QED) is 0.457. The Hall–Kier alpha value is -1.88. The molecule has 5 heteroatoms. The van der Waals surface area contributed by atoms with Gasteiger partial charge in [0, 0.05) is 31.6 Å². The van der Waals surface area contributed by atoms with E-state index in [9.17, 15) is 17.6 Å². The van der Waals surface area contributed by atoms with Gasteiger partial charge in [0.05, 0.1) is 26.2 Å². The van der Waals surface area contributed by atoms with Crippen LogP contribution in [0.25, 0.3) is 0 Å². The molecule has 0 spiro atoms. The normalized spacial score (nSPS) is 26.0. The van der Waals surface area contributed by atoms with E-state index in [4.69, 9.17) is 0 Å². The molecule has 3 atom stereocenters. The maximum absolute atomic E-state index is 13.9. The van der Waals surface area contributed by atoms with Crippen LogP contribution >= 0.6 is 0 Å². The first kappa shape index (κ1) is 19.4. The van der Waals surface area contributed by atoms with E-state index >= 15 is 0 Å². The summed E-state index contributed by atoms with van der Waals surface area (Å²) >= 11 is 0. The highest BCUT2D eigenvalue weighted by molar-refractivity contribution is 5.34. The number of hydrogen-bond acceptors (Lipinski definition) is 0. The van der Waals surface area contributed by atoms with E-state index < -0.39 is 23.3 Å². The predicted molar refractivity (Wildman–Crippen MR) is 101 cm³/mol. The Bertz CT molecular complexity index is 811. The van der Waals surface area contributed by atoms with E-state index in [1.165, 1.54) is 25.0 Å². The van der Waals surface area contributed by atoms with Crippen LogP contribution in [0.4, 0.5) is 17.6 Å². The van der Waals surface area contributed by atoms with Crippen molar-refractivity contribution >= 4 is 0 Å². The van der Waals surface area contributed by atoms with Gasteiger partial charge >= 0.3 is 0 Å². The number of halogens is 4. The van der Waals surface area contributed by atoms with Crippen molar-refractivity contribution in [3.05, 3.63) is 70.8 Å². The molecule has 4 rings (SSSR count). The van der Waals surface area contributed by atoms with E-state index in [2.05, 4.69) is 14.1 Å². The molecule has 0 amide bonds. The molecule has 28 heavy (non-hydrogen) atoms. The van der Waals surface area contributed by atoms with Crippen LogP contribution in [0, 0.1) is 29.2 Å². The van der Waals surface area contributed by atoms with Gasteiger partial charge in [0.25, 0.3) is 0 Å². The number of rotatable bonds is 4. The third kappa shape index (κ3) is 3.45. The Morgan fingerprint density at radius 2 is 1.25 bits per heavy atom. The van der Waals surface area contributed by atoms with Crippen LogP contribution in [0.1, 0.15) is 49.1 Å². The second kappa shape index (κ2) is 7.18. The first-order valence-corrected chi connectivity index (χ1v) is 9.99. The molecule has 2 aliphatic heterocycles. The van der Waals surface area contributed by atoms with Crippen molar-refractivity contribution in [3.63, 3.8) is 0 Å². The van der Waals surface area contributed by atoms with Crippen LogP contribution in [0.3, 0.4) is 0 Å². The van der Waals surface area contributed by atoms with Gasteiger partial charge in [-0.15, -0.1) is 0 Å². The second-order valence-corrected chi connectivity index (χ2v) is 8.99. The van der Waals surface area contributed by atoms with Gasteiger partial charge in [-0.3, -0.25) is 0 Å². The molecule has 2 aromatic rings. The monoisotopic (exact) mass is 392 g/mol. The zero-order chi connectivity index (χ0) is 20.1. The van der Waals surface area contributed by atoms with Crippen molar-refractivity contribution in [2.24, 2.45) is 5.92 Å². The fourth-order valence-corrected chi connectivity index (χ4v) is 5.44. The average Bonchev–Trinajstić information content (AvgIpc) is 2.82. The van der Waals surface area contributed by atoms with Gasteiger partial charge < -0.3 is 4.48 Å². The fraction of sp³-hybridized carbons (Fsp3) is 0.478. The number of hydrogen-bond donors (Lipinski definition) is 0. The predicted octanol–water partition coefficient (Wildman–Crippen LogP) is 5.78. The number of quaternary nitrogens is 1. The topological polar surface area (TPSA) is 0 Å². The molecule has 150 valence electrons. The summed E-state index contributed by atoms with van der Waals surface area (Å²) < 4.78 is 55.8. The molecule has 1 unspecified atom stereocenters. The lowest BCUT2D eigenvalue weighted by molar-refractivity contribution is -0.931. The number of fused-ring (bicyclic) bond motifs is 2. The minimum Gasteiger partial charge on any atom is -0.324 e. The largest absolute Gasteiger partial charge is 0.324 e. The molecule has 2 aromatic carbocycles. The highest BCUT2D eigenvalue weighted by Crippen LogP contribution is 2.46. The molecule has 0 aromatic heterocycles. The Kier molecular flexibility index (Phi) is 4.98. The molecular weight excluding hydrogens is 366 g/mol. The Balaban J connectivity index is 1.65. The second-order valence-electron chi connectivity index (χ2n) is 8.99. The van der Waals surface area contributed by atoms with Crippen LogP contribution in [0.15, 0.2) is 36.4 Å². The minimum absolute atomic E-state index is 0.289. The van der Waals surface area contributed by atoms with Crippen molar-refractivity contribution < 1.29 is 22.0 Å². The zero-order valence-corrected chi connectivity index (χ0v) is 16.3. The van der Waals surface area contributed by atoms with Gasteiger partial charge in [-0.2, -0.15) is 0 Å². The summed E-state index contributed by atoms with van der Waals surface area (Å²) in [4.78, 5) is 0. The first-order chi connectivity index (χ1) is 13.3. The fourth-order valence-electron chi connectivity index (χ4n) is 5.44. The third-order valence-corrected chi connectivity index (χ3v) is 7.19. The smallest absolute Gasteiger partial charge is 0.159 e. The van der Waals surface area contributed by atoms with Crippen LogP contribution in [-0.4, -0.2) is 30.7 Å². The van der Waals surface area contributed by atoms with E-state index in [1.54, 1.807) is 12.1 Å². The number of nitrogens with zero attached hydrogens (tertiary/aromatic N) is 1. The van der Waals surface area contributed by atoms with Gasteiger partial charge in [-0.25, -0.2) is 17.6 Å². The highest BCUT2D eigenvalue weighted by atomic mass is 19.2. The Labute approximate surface area is 163 Å². The summed E-state index contributed by atoms with van der Waals surface area (Å²) in [7, 11) is 4.58. The van der Waals surface area contributed by atoms with E-state index in [0.29, 0.717) is 29.1 Å². The molecule has 2 fully saturated rings. The number of benzene rings is 2. The lowest BCUT2D eigenvalue weighted by Gasteiger charge is -2.45. The lowest BCUT2D eigenvalue weighted by Crippen LogP contribution is -2.54. The summed E-state index contributed by atoms with van der Waals surface area (Å²) in [5.74, 6) is -3.48. The van der Waals surface area contributed by atoms with Gasteiger partial charge in [-0.1, -0.05) is 12.1 Å². The number of piperidine rings is 1. The SMILES string of the molecule is C[N+]1(C)[C@@H]2CC[C@H]1CC(CC(c1ccc(F)c(F)c1)c1ccc(F)c(F)c1)C2. The molecule has 2 bridgehead atoms. The van der Waals surface area contributed by atoms with Gasteiger partial charge in [0.15, 0.2) is 23.3 Å². The summed E-state index contributed by atoms with van der Waals surface area (Å²) in [5, 5.41) is 0. The van der Waals surface area contributed by atoms with Crippen molar-refractivity contribution in [2.75, 3.05) is 14.1 Å². The van der Waals surface area contributed by atoms with Crippen LogP contribution in [0.5, 0.6) is 0 Å². The molecule has 0 saturated carbocycles. The molecular formula is C23H26F4N+. The summed E-state index contributed by atoms with van der Waals surface area (Å²) in [6.45, 7) is 0. The van der Waals surface area contributed by atoms with Crippen LogP contribution < -0.4 is 0 Å². The molecule has 2 heterocycles. The lowest BCUT2D eigenvalue weighted by atomic mass is 9.78. The maximum Gasteiger partial charge on any atom is 0.159 e. The molecule has 2 aliphatic rings. The minimum atomic E-state index is -0.911. The molecule has 0 radical (unpaired) electrons. The van der Waals surface area contributed by atoms with Crippen LogP contribution in [-0.2, 0) is 0 Å². The highest BCUT2D eigenvalue weighted by Gasteiger charge is 2.49. The van der Waals surface area contributed by atoms with Crippen molar-refractivity contribution in [1.29, 1.82) is 0 Å². The first-order valence-electron chi connectivity index (χ1n) is 9.99. The zero-order valence-electron chi connectivity index (χ0n) is 16.3. The van der Waals surface area contributed by atoms with Gasteiger partial charge in [0.2, 0.25) is 0 Å². The summed E-state index contributed by atoms with van der Waals surface area (Å²) in [5.41, 5.74) is 1.22. The van der Waals surface area contributed by atoms with Crippen molar-refractivity contribution in [1.82, 2.24) is 0 Å². The Morgan fingerprint density at radius 1 is 0.786 bits per heavy atom. The Morgan fingerprint density at radius 3 is 1.68 bits per heavy atom. The van der Waals surface area contributed by atoms with E-state index in [1.807, 2.05) is 0 Å². The maximum atomic E-state index is 13.9. The van der Waals surface area contributed by atoms with Crippen molar-refractivity contribution in [3.8, 4) is 0 Å². The van der Waals surface area contributed by atoms with Gasteiger partial charge in [0.1, 0.15) is 0 Å². The molecule has 1 nitrogen and oxygen atoms in total. The van der Waals surface area contributed by atoms with Crippen molar-refractivity contribution in [2.45, 2.75) is 50.1 Å². The van der Waals surface area contributed by atoms with Gasteiger partial charge in [-0.05, 0) is 47.7 Å². The molecule has 0 N–H and O–H groups in total. The molecule has 2 saturated heterocycles. The standard InChI is InChI=1S/C23H26F4N/c1-28(2)17-5-6-18(28)10-14(9-17)11-19(15-3-7-20(24)22(26)12-15)16-4-8-21(25)23(27)13-16/h3-4,7-8,12-14,17-19H,5-6,9-11H2,1-2H3/q+1/t14?,17-,18+. The molecule has 0 aliphatic carbocycles. The average molecular weight is 392 g/mol. The summed E-state index contributed by atoms with van der Waals surface area (Å²) in [6.07, 6.45) is 5.31. The van der Waals surface area contributed by atoms with E-state index in [0.717, 1.165) is 35.9 Å². The van der Waals surface area contributed by atoms with E-state index in [-0.39, 0.29) is 5.92 Å². The third-order valence-electron chi connectivity index (χ3n) is 7.19. The van der Waals surface area contributed by atoms with Crippen LogP contribution in [0.2, 0.25) is 0 Å².